The Kier molecular flexibility index (Phi) is 5.38. The highest BCUT2D eigenvalue weighted by atomic mass is 35.5. The maximum Gasteiger partial charge on any atom is 0.242 e. The van der Waals surface area contributed by atoms with Gasteiger partial charge < -0.3 is 5.11 Å². The van der Waals surface area contributed by atoms with Crippen molar-refractivity contribution in [3.63, 3.8) is 0 Å². The summed E-state index contributed by atoms with van der Waals surface area (Å²) in [4.78, 5) is 0.00706. The molecule has 0 saturated carbocycles. The van der Waals surface area contributed by atoms with Crippen LogP contribution in [0, 0.1) is 5.41 Å². The zero-order valence-electron chi connectivity index (χ0n) is 11.4. The summed E-state index contributed by atoms with van der Waals surface area (Å²) in [5.74, 6) is 0. The van der Waals surface area contributed by atoms with Gasteiger partial charge in [-0.05, 0) is 29.5 Å². The summed E-state index contributed by atoms with van der Waals surface area (Å²) in [6.45, 7) is 6.10. The Hall–Kier alpha value is -0.620. The lowest BCUT2D eigenvalue weighted by Gasteiger charge is -2.23. The second-order valence-corrected chi connectivity index (χ2v) is 7.41. The van der Waals surface area contributed by atoms with Gasteiger partial charge in [-0.2, -0.15) is 0 Å². The third kappa shape index (κ3) is 4.45. The molecule has 6 heteroatoms. The first-order chi connectivity index (χ1) is 8.72. The zero-order valence-corrected chi connectivity index (χ0v) is 13.0. The third-order valence-electron chi connectivity index (χ3n) is 3.17. The summed E-state index contributed by atoms with van der Waals surface area (Å²) in [6, 6.07) is 4.47. The van der Waals surface area contributed by atoms with Crippen LogP contribution >= 0.6 is 11.6 Å². The Morgan fingerprint density at radius 3 is 2.53 bits per heavy atom. The van der Waals surface area contributed by atoms with Crippen molar-refractivity contribution in [2.75, 3.05) is 6.54 Å². The molecule has 4 nitrogen and oxygen atoms in total. The molecule has 0 atom stereocenters. The van der Waals surface area contributed by atoms with Crippen LogP contribution in [0.15, 0.2) is 23.1 Å². The van der Waals surface area contributed by atoms with E-state index < -0.39 is 10.0 Å². The molecule has 0 heterocycles. The van der Waals surface area contributed by atoms with Gasteiger partial charge in [0.25, 0.3) is 0 Å². The second-order valence-electron chi connectivity index (χ2n) is 5.27. The van der Waals surface area contributed by atoms with E-state index in [9.17, 15) is 8.42 Å². The molecular formula is C13H20ClNO3S. The van der Waals surface area contributed by atoms with Crippen LogP contribution in [-0.4, -0.2) is 20.1 Å². The lowest BCUT2D eigenvalue weighted by molar-refractivity contribution is 0.281. The van der Waals surface area contributed by atoms with Crippen molar-refractivity contribution in [1.29, 1.82) is 0 Å². The smallest absolute Gasteiger partial charge is 0.242 e. The van der Waals surface area contributed by atoms with Gasteiger partial charge in [0.15, 0.2) is 0 Å². The van der Waals surface area contributed by atoms with Crippen molar-refractivity contribution in [2.45, 2.75) is 38.7 Å². The van der Waals surface area contributed by atoms with E-state index in [-0.39, 0.29) is 21.9 Å². The van der Waals surface area contributed by atoms with Gasteiger partial charge in [0.2, 0.25) is 10.0 Å². The van der Waals surface area contributed by atoms with Crippen LogP contribution in [0.1, 0.15) is 32.8 Å². The first kappa shape index (κ1) is 16.4. The molecule has 0 amide bonds. The van der Waals surface area contributed by atoms with Crippen molar-refractivity contribution < 1.29 is 13.5 Å². The molecular weight excluding hydrogens is 286 g/mol. The van der Waals surface area contributed by atoms with Crippen molar-refractivity contribution >= 4 is 21.6 Å². The van der Waals surface area contributed by atoms with Gasteiger partial charge in [-0.15, -0.1) is 0 Å². The number of aliphatic hydroxyl groups is 1. The lowest BCUT2D eigenvalue weighted by Crippen LogP contribution is -2.33. The van der Waals surface area contributed by atoms with Crippen LogP contribution in [0.25, 0.3) is 0 Å². The van der Waals surface area contributed by atoms with Gasteiger partial charge >= 0.3 is 0 Å². The molecule has 1 rings (SSSR count). The highest BCUT2D eigenvalue weighted by Gasteiger charge is 2.22. The molecule has 2 N–H and O–H groups in total. The Bertz CT molecular complexity index is 541. The molecule has 0 unspecified atom stereocenters. The van der Waals surface area contributed by atoms with Gasteiger partial charge in [0.1, 0.15) is 4.90 Å². The average molecular weight is 306 g/mol. The molecule has 0 aliphatic heterocycles. The summed E-state index contributed by atoms with van der Waals surface area (Å²) in [6.07, 6.45) is 0.861. The zero-order chi connectivity index (χ0) is 14.7. The van der Waals surface area contributed by atoms with Crippen LogP contribution < -0.4 is 4.72 Å². The molecule has 0 spiro atoms. The standard InChI is InChI=1S/C13H20ClNO3S/c1-4-13(2,3)9-15-19(17,18)12-7-10(8-16)5-6-11(12)14/h5-7,15-16H,4,8-9H2,1-3H3. The molecule has 0 radical (unpaired) electrons. The number of rotatable bonds is 6. The first-order valence-corrected chi connectivity index (χ1v) is 7.97. The molecule has 0 aromatic heterocycles. The van der Waals surface area contributed by atoms with Crippen molar-refractivity contribution in [3.05, 3.63) is 28.8 Å². The lowest BCUT2D eigenvalue weighted by atomic mass is 9.91. The van der Waals surface area contributed by atoms with Gasteiger partial charge in [-0.1, -0.05) is 38.4 Å². The topological polar surface area (TPSA) is 66.4 Å². The van der Waals surface area contributed by atoms with Crippen molar-refractivity contribution in [2.24, 2.45) is 5.41 Å². The number of nitrogens with one attached hydrogen (secondary N) is 1. The van der Waals surface area contributed by atoms with Crippen molar-refractivity contribution in [1.82, 2.24) is 4.72 Å². The predicted molar refractivity (Wildman–Crippen MR) is 76.6 cm³/mol. The van der Waals surface area contributed by atoms with Crippen LogP contribution in [0.2, 0.25) is 5.02 Å². The summed E-state index contributed by atoms with van der Waals surface area (Å²) in [5, 5.41) is 9.21. The fourth-order valence-corrected chi connectivity index (χ4v) is 3.13. The maximum atomic E-state index is 12.2. The molecule has 0 aliphatic rings. The summed E-state index contributed by atoms with van der Waals surface area (Å²) < 4.78 is 27.0. The number of benzene rings is 1. The minimum absolute atomic E-state index is 0.00706. The minimum Gasteiger partial charge on any atom is -0.392 e. The van der Waals surface area contributed by atoms with Gasteiger partial charge in [-0.3, -0.25) is 0 Å². The Labute approximate surface area is 119 Å². The highest BCUT2D eigenvalue weighted by Crippen LogP contribution is 2.24. The third-order valence-corrected chi connectivity index (χ3v) is 5.05. The fraction of sp³-hybridized carbons (Fsp3) is 0.538. The maximum absolute atomic E-state index is 12.2. The SMILES string of the molecule is CCC(C)(C)CNS(=O)(=O)c1cc(CO)ccc1Cl. The summed E-state index contributed by atoms with van der Waals surface area (Å²) in [5.41, 5.74) is 0.397. The normalized spacial score (nSPS) is 12.7. The van der Waals surface area contributed by atoms with Gasteiger partial charge in [0, 0.05) is 6.54 Å². The quantitative estimate of drug-likeness (QED) is 0.849. The van der Waals surface area contributed by atoms with Crippen LogP contribution in [-0.2, 0) is 16.6 Å². The molecule has 108 valence electrons. The van der Waals surface area contributed by atoms with E-state index in [1.165, 1.54) is 12.1 Å². The number of sulfonamides is 1. The average Bonchev–Trinajstić information content (AvgIpc) is 2.37. The molecule has 19 heavy (non-hydrogen) atoms. The van der Waals surface area contributed by atoms with Crippen LogP contribution in [0.5, 0.6) is 0 Å². The van der Waals surface area contributed by atoms with E-state index in [1.807, 2.05) is 20.8 Å². The summed E-state index contributed by atoms with van der Waals surface area (Å²) >= 11 is 5.92. The Balaban J connectivity index is 3.00. The largest absolute Gasteiger partial charge is 0.392 e. The minimum atomic E-state index is -3.66. The second kappa shape index (κ2) is 6.22. The molecule has 1 aromatic rings. The van der Waals surface area contributed by atoms with Crippen LogP contribution in [0.3, 0.4) is 0 Å². The number of aliphatic hydroxyl groups excluding tert-OH is 1. The van der Waals surface area contributed by atoms with Gasteiger partial charge in [0.05, 0.1) is 11.6 Å². The monoisotopic (exact) mass is 305 g/mol. The Morgan fingerprint density at radius 2 is 2.00 bits per heavy atom. The van der Waals surface area contributed by atoms with Gasteiger partial charge in [-0.25, -0.2) is 13.1 Å². The van der Waals surface area contributed by atoms with Crippen LogP contribution in [0.4, 0.5) is 0 Å². The highest BCUT2D eigenvalue weighted by molar-refractivity contribution is 7.89. The molecule has 0 fully saturated rings. The molecule has 0 aliphatic carbocycles. The first-order valence-electron chi connectivity index (χ1n) is 6.11. The van der Waals surface area contributed by atoms with E-state index in [0.717, 1.165) is 6.42 Å². The van der Waals surface area contributed by atoms with E-state index >= 15 is 0 Å². The summed E-state index contributed by atoms with van der Waals surface area (Å²) in [7, 11) is -3.66. The van der Waals surface area contributed by atoms with E-state index in [4.69, 9.17) is 16.7 Å². The Morgan fingerprint density at radius 1 is 1.37 bits per heavy atom. The van der Waals surface area contributed by atoms with E-state index in [1.54, 1.807) is 6.07 Å². The molecule has 0 saturated heterocycles. The van der Waals surface area contributed by atoms with Crippen molar-refractivity contribution in [3.8, 4) is 0 Å². The fourth-order valence-electron chi connectivity index (χ4n) is 1.35. The molecule has 0 bridgehead atoms. The molecule has 1 aromatic carbocycles. The number of hydrogen-bond donors (Lipinski definition) is 2. The van der Waals surface area contributed by atoms with E-state index in [0.29, 0.717) is 12.1 Å². The van der Waals surface area contributed by atoms with E-state index in [2.05, 4.69) is 4.72 Å². The predicted octanol–water partition coefficient (Wildman–Crippen LogP) is 2.55. The number of hydrogen-bond acceptors (Lipinski definition) is 3. The number of halogens is 1.